The SMILES string of the molecule is CC(Oc1ccccc1F)c1nnc(SCC(=O)c2cn(C)c3ccccc23)n1C. The second-order valence-electron chi connectivity index (χ2n) is 6.97. The second-order valence-corrected chi connectivity index (χ2v) is 7.92. The number of halogens is 1. The number of fused-ring (bicyclic) bond motifs is 1. The summed E-state index contributed by atoms with van der Waals surface area (Å²) in [4.78, 5) is 12.8. The number of carbonyl (C=O) groups excluding carboxylic acids is 1. The third-order valence-electron chi connectivity index (χ3n) is 4.90. The zero-order valence-electron chi connectivity index (χ0n) is 16.9. The Hall–Kier alpha value is -3.13. The molecule has 6 nitrogen and oxygen atoms in total. The third kappa shape index (κ3) is 3.82. The standard InChI is InChI=1S/C22H21FN4O2S/c1-14(29-20-11-7-5-9-17(20)23)21-24-25-22(27(21)3)30-13-19(28)16-12-26(2)18-10-6-4-8-15(16)18/h4-12,14H,13H2,1-3H3. The zero-order chi connectivity index (χ0) is 21.3. The van der Waals surface area contributed by atoms with Crippen molar-refractivity contribution in [2.45, 2.75) is 18.2 Å². The number of nitrogens with zero attached hydrogens (tertiary/aromatic N) is 4. The molecular formula is C22H21FN4O2S. The molecular weight excluding hydrogens is 403 g/mol. The highest BCUT2D eigenvalue weighted by Gasteiger charge is 2.20. The first-order valence-electron chi connectivity index (χ1n) is 9.46. The minimum atomic E-state index is -0.498. The van der Waals surface area contributed by atoms with Gasteiger partial charge in [0.15, 0.2) is 34.4 Å². The average Bonchev–Trinajstić information content (AvgIpc) is 3.28. The Labute approximate surface area is 177 Å². The Morgan fingerprint density at radius 3 is 2.67 bits per heavy atom. The molecule has 30 heavy (non-hydrogen) atoms. The van der Waals surface area contributed by atoms with Crippen molar-refractivity contribution in [1.82, 2.24) is 19.3 Å². The molecule has 4 rings (SSSR count). The maximum Gasteiger partial charge on any atom is 0.191 e. The molecule has 2 aromatic heterocycles. The van der Waals surface area contributed by atoms with E-state index in [1.807, 2.05) is 42.1 Å². The first kappa shape index (κ1) is 20.2. The second kappa shape index (κ2) is 8.31. The van der Waals surface area contributed by atoms with Gasteiger partial charge in [-0.1, -0.05) is 42.1 Å². The van der Waals surface area contributed by atoms with Gasteiger partial charge < -0.3 is 13.9 Å². The summed E-state index contributed by atoms with van der Waals surface area (Å²) in [6.45, 7) is 1.78. The molecule has 1 unspecified atom stereocenters. The molecule has 154 valence electrons. The molecule has 0 spiro atoms. The molecule has 0 aliphatic carbocycles. The van der Waals surface area contributed by atoms with Crippen molar-refractivity contribution < 1.29 is 13.9 Å². The summed E-state index contributed by atoms with van der Waals surface area (Å²) in [5.41, 5.74) is 1.71. The van der Waals surface area contributed by atoms with E-state index in [9.17, 15) is 9.18 Å². The molecule has 8 heteroatoms. The van der Waals surface area contributed by atoms with E-state index in [1.165, 1.54) is 17.8 Å². The van der Waals surface area contributed by atoms with Crippen LogP contribution in [0.4, 0.5) is 4.39 Å². The van der Waals surface area contributed by atoms with Gasteiger partial charge in [0.2, 0.25) is 0 Å². The molecule has 0 N–H and O–H groups in total. The van der Waals surface area contributed by atoms with Crippen molar-refractivity contribution in [3.05, 3.63) is 71.9 Å². The fraction of sp³-hybridized carbons (Fsp3) is 0.227. The Morgan fingerprint density at radius 1 is 1.13 bits per heavy atom. The van der Waals surface area contributed by atoms with Crippen LogP contribution in [0, 0.1) is 5.82 Å². The van der Waals surface area contributed by atoms with Gasteiger partial charge in [-0.3, -0.25) is 4.79 Å². The number of para-hydroxylation sites is 2. The molecule has 0 aliphatic heterocycles. The minimum Gasteiger partial charge on any atom is -0.480 e. The summed E-state index contributed by atoms with van der Waals surface area (Å²) in [6.07, 6.45) is 1.36. The predicted molar refractivity (Wildman–Crippen MR) is 114 cm³/mol. The van der Waals surface area contributed by atoms with Gasteiger partial charge in [-0.25, -0.2) is 4.39 Å². The summed E-state index contributed by atoms with van der Waals surface area (Å²) in [7, 11) is 3.74. The quantitative estimate of drug-likeness (QED) is 0.321. The third-order valence-corrected chi connectivity index (χ3v) is 5.92. The van der Waals surface area contributed by atoms with Crippen molar-refractivity contribution in [2.75, 3.05) is 5.75 Å². The van der Waals surface area contributed by atoms with Gasteiger partial charge in [0.25, 0.3) is 0 Å². The number of benzene rings is 2. The molecule has 2 heterocycles. The highest BCUT2D eigenvalue weighted by molar-refractivity contribution is 7.99. The van der Waals surface area contributed by atoms with Crippen molar-refractivity contribution in [3.8, 4) is 5.75 Å². The van der Waals surface area contributed by atoms with Crippen LogP contribution in [0.3, 0.4) is 0 Å². The number of thioether (sulfide) groups is 1. The van der Waals surface area contributed by atoms with Crippen LogP contribution in [0.25, 0.3) is 10.9 Å². The van der Waals surface area contributed by atoms with Crippen LogP contribution < -0.4 is 4.74 Å². The zero-order valence-corrected chi connectivity index (χ0v) is 17.7. The van der Waals surface area contributed by atoms with Crippen LogP contribution in [0.5, 0.6) is 5.75 Å². The van der Waals surface area contributed by atoms with E-state index in [0.29, 0.717) is 16.5 Å². The van der Waals surface area contributed by atoms with Gasteiger partial charge in [-0.15, -0.1) is 10.2 Å². The number of rotatable bonds is 7. The van der Waals surface area contributed by atoms with Crippen LogP contribution in [0.2, 0.25) is 0 Å². The Morgan fingerprint density at radius 2 is 1.87 bits per heavy atom. The molecule has 0 fully saturated rings. The Kier molecular flexibility index (Phi) is 5.59. The largest absolute Gasteiger partial charge is 0.480 e. The Balaban J connectivity index is 1.46. The Bertz CT molecular complexity index is 1220. The first-order chi connectivity index (χ1) is 14.5. The fourth-order valence-corrected chi connectivity index (χ4v) is 4.16. The monoisotopic (exact) mass is 424 g/mol. The van der Waals surface area contributed by atoms with Crippen LogP contribution in [-0.4, -0.2) is 30.9 Å². The predicted octanol–water partition coefficient (Wildman–Crippen LogP) is 4.56. The summed E-state index contributed by atoms with van der Waals surface area (Å²) in [6, 6.07) is 14.1. The molecule has 0 bridgehead atoms. The first-order valence-corrected chi connectivity index (χ1v) is 10.4. The number of ketones is 1. The number of carbonyl (C=O) groups is 1. The maximum atomic E-state index is 13.8. The summed E-state index contributed by atoms with van der Waals surface area (Å²) < 4.78 is 23.3. The summed E-state index contributed by atoms with van der Waals surface area (Å²) >= 11 is 1.32. The normalized spacial score (nSPS) is 12.3. The van der Waals surface area contributed by atoms with E-state index < -0.39 is 11.9 Å². The van der Waals surface area contributed by atoms with Gasteiger partial charge in [0.1, 0.15) is 0 Å². The van der Waals surface area contributed by atoms with Crippen LogP contribution >= 0.6 is 11.8 Å². The van der Waals surface area contributed by atoms with E-state index in [-0.39, 0.29) is 17.3 Å². The van der Waals surface area contributed by atoms with Crippen molar-refractivity contribution in [3.63, 3.8) is 0 Å². The highest BCUT2D eigenvalue weighted by Crippen LogP contribution is 2.27. The van der Waals surface area contributed by atoms with Gasteiger partial charge in [0.05, 0.1) is 5.75 Å². The van der Waals surface area contributed by atoms with Gasteiger partial charge >= 0.3 is 0 Å². The lowest BCUT2D eigenvalue weighted by Gasteiger charge is -2.14. The van der Waals surface area contributed by atoms with Crippen molar-refractivity contribution in [1.29, 1.82) is 0 Å². The topological polar surface area (TPSA) is 61.9 Å². The lowest BCUT2D eigenvalue weighted by molar-refractivity contribution is 0.102. The van der Waals surface area contributed by atoms with Crippen molar-refractivity contribution in [2.24, 2.45) is 14.1 Å². The lowest BCUT2D eigenvalue weighted by atomic mass is 10.1. The van der Waals surface area contributed by atoms with E-state index in [2.05, 4.69) is 10.2 Å². The van der Waals surface area contributed by atoms with E-state index in [4.69, 9.17) is 4.74 Å². The molecule has 0 saturated carbocycles. The molecule has 0 amide bonds. The number of hydrogen-bond acceptors (Lipinski definition) is 5. The number of ether oxygens (including phenoxy) is 1. The smallest absolute Gasteiger partial charge is 0.191 e. The van der Waals surface area contributed by atoms with Gasteiger partial charge in [-0.2, -0.15) is 0 Å². The minimum absolute atomic E-state index is 0.0250. The van der Waals surface area contributed by atoms with Crippen LogP contribution in [0.15, 0.2) is 59.9 Å². The van der Waals surface area contributed by atoms with E-state index in [0.717, 1.165) is 10.9 Å². The molecule has 0 saturated heterocycles. The van der Waals surface area contributed by atoms with Gasteiger partial charge in [-0.05, 0) is 25.1 Å². The lowest BCUT2D eigenvalue weighted by Crippen LogP contribution is -2.11. The summed E-state index contributed by atoms with van der Waals surface area (Å²) in [5.74, 6) is 0.549. The van der Waals surface area contributed by atoms with Crippen LogP contribution in [0.1, 0.15) is 29.2 Å². The van der Waals surface area contributed by atoms with E-state index >= 15 is 0 Å². The van der Waals surface area contributed by atoms with Crippen molar-refractivity contribution >= 4 is 28.4 Å². The van der Waals surface area contributed by atoms with Gasteiger partial charge in [0, 0.05) is 36.8 Å². The number of hydrogen-bond donors (Lipinski definition) is 0. The molecule has 4 aromatic rings. The number of aryl methyl sites for hydroxylation is 1. The molecule has 0 aliphatic rings. The molecule has 2 aromatic carbocycles. The number of Topliss-reactive ketones (excluding diaryl/α,β-unsaturated/α-hetero) is 1. The van der Waals surface area contributed by atoms with Crippen LogP contribution in [-0.2, 0) is 14.1 Å². The maximum absolute atomic E-state index is 13.8. The number of aromatic nitrogens is 4. The average molecular weight is 425 g/mol. The highest BCUT2D eigenvalue weighted by atomic mass is 32.2. The van der Waals surface area contributed by atoms with E-state index in [1.54, 1.807) is 36.7 Å². The fourth-order valence-electron chi connectivity index (χ4n) is 3.36. The molecule has 0 radical (unpaired) electrons. The molecule has 1 atom stereocenters. The summed E-state index contributed by atoms with van der Waals surface area (Å²) in [5, 5.41) is 9.89.